The molecule has 4 nitrogen and oxygen atoms in total. The van der Waals surface area contributed by atoms with Gasteiger partial charge in [0.05, 0.1) is 11.9 Å². The molecule has 1 aliphatic rings. The van der Waals surface area contributed by atoms with E-state index in [1.807, 2.05) is 0 Å². The summed E-state index contributed by atoms with van der Waals surface area (Å²) in [5, 5.41) is 0. The van der Waals surface area contributed by atoms with Gasteiger partial charge in [0.15, 0.2) is 11.9 Å². The molecule has 0 bridgehead atoms. The van der Waals surface area contributed by atoms with Gasteiger partial charge in [-0.2, -0.15) is 0 Å². The van der Waals surface area contributed by atoms with Crippen LogP contribution < -0.4 is 0 Å². The molecule has 2 aromatic rings. The minimum absolute atomic E-state index is 0.565. The van der Waals surface area contributed by atoms with Crippen molar-refractivity contribution in [2.45, 2.75) is 19.3 Å². The summed E-state index contributed by atoms with van der Waals surface area (Å²) in [6, 6.07) is 0. The first kappa shape index (κ1) is 9.96. The van der Waals surface area contributed by atoms with Gasteiger partial charge < -0.3 is 0 Å². The molecule has 16 heavy (non-hydrogen) atoms. The molecule has 0 saturated heterocycles. The highest BCUT2D eigenvalue weighted by Gasteiger charge is 2.24. The van der Waals surface area contributed by atoms with Crippen molar-refractivity contribution in [3.8, 4) is 0 Å². The maximum absolute atomic E-state index is 10.8. The van der Waals surface area contributed by atoms with Gasteiger partial charge in [-0.15, -0.1) is 0 Å². The topological polar surface area (TPSA) is 47.3 Å². The molecule has 1 saturated carbocycles. The first-order chi connectivity index (χ1) is 7.78. The fourth-order valence-corrected chi connectivity index (χ4v) is 2.28. The number of hydrogen-bond donors (Lipinski definition) is 0. The van der Waals surface area contributed by atoms with Crippen molar-refractivity contribution in [1.29, 1.82) is 0 Å². The van der Waals surface area contributed by atoms with E-state index in [0.717, 1.165) is 34.6 Å². The van der Waals surface area contributed by atoms with Crippen LogP contribution in [0.15, 0.2) is 17.0 Å². The van der Waals surface area contributed by atoms with Crippen LogP contribution in [0, 0.1) is 5.92 Å². The lowest BCUT2D eigenvalue weighted by Crippen LogP contribution is -2.00. The summed E-state index contributed by atoms with van der Waals surface area (Å²) >= 11 is 3.37. The number of hydrogen-bond acceptors (Lipinski definition) is 3. The van der Waals surface area contributed by atoms with Crippen LogP contribution in [0.1, 0.15) is 29.0 Å². The lowest BCUT2D eigenvalue weighted by Gasteiger charge is -2.03. The minimum Gasteiger partial charge on any atom is -0.296 e. The Morgan fingerprint density at radius 1 is 1.56 bits per heavy atom. The van der Waals surface area contributed by atoms with E-state index >= 15 is 0 Å². The molecule has 0 spiro atoms. The number of carbonyl (C=O) groups is 1. The average molecular weight is 280 g/mol. The summed E-state index contributed by atoms with van der Waals surface area (Å²) in [6.45, 7) is 0. The second-order valence-corrected chi connectivity index (χ2v) is 4.96. The number of fused-ring (bicyclic) bond motifs is 1. The lowest BCUT2D eigenvalue weighted by molar-refractivity contribution is 0.111. The van der Waals surface area contributed by atoms with Gasteiger partial charge >= 0.3 is 0 Å². The largest absolute Gasteiger partial charge is 0.296 e. The van der Waals surface area contributed by atoms with Crippen LogP contribution in [0.3, 0.4) is 0 Å². The number of rotatable bonds is 3. The van der Waals surface area contributed by atoms with Crippen LogP contribution in [-0.4, -0.2) is 20.7 Å². The summed E-state index contributed by atoms with van der Waals surface area (Å²) in [5.74, 6) is 0.752. The fraction of sp³-hybridized carbons (Fsp3) is 0.364. The monoisotopic (exact) mass is 279 g/mol. The molecule has 5 heteroatoms. The first-order valence-corrected chi connectivity index (χ1v) is 6.05. The van der Waals surface area contributed by atoms with Crippen molar-refractivity contribution in [2.75, 3.05) is 0 Å². The molecule has 1 aliphatic carbocycles. The highest BCUT2D eigenvalue weighted by atomic mass is 79.9. The van der Waals surface area contributed by atoms with Gasteiger partial charge in [0.25, 0.3) is 0 Å². The van der Waals surface area contributed by atoms with Crippen LogP contribution in [0.4, 0.5) is 0 Å². The van der Waals surface area contributed by atoms with Crippen molar-refractivity contribution in [3.05, 3.63) is 28.4 Å². The highest BCUT2D eigenvalue weighted by Crippen LogP contribution is 2.33. The van der Waals surface area contributed by atoms with E-state index in [1.54, 1.807) is 16.8 Å². The van der Waals surface area contributed by atoms with Gasteiger partial charge in [0, 0.05) is 6.20 Å². The van der Waals surface area contributed by atoms with Crippen molar-refractivity contribution in [2.24, 2.45) is 5.92 Å². The minimum atomic E-state index is 0.565. The summed E-state index contributed by atoms with van der Waals surface area (Å²) in [4.78, 5) is 19.5. The second-order valence-electron chi connectivity index (χ2n) is 4.15. The van der Waals surface area contributed by atoms with Crippen molar-refractivity contribution < 1.29 is 4.79 Å². The Bertz CT molecular complexity index is 560. The molecule has 2 aromatic heterocycles. The van der Waals surface area contributed by atoms with Gasteiger partial charge in [-0.1, -0.05) is 0 Å². The third kappa shape index (κ3) is 1.65. The quantitative estimate of drug-likeness (QED) is 0.810. The number of aldehydes is 1. The molecule has 3 rings (SSSR count). The Labute approximate surface area is 101 Å². The Kier molecular flexibility index (Phi) is 2.28. The molecule has 0 amide bonds. The van der Waals surface area contributed by atoms with Gasteiger partial charge in [-0.3, -0.25) is 9.20 Å². The zero-order valence-corrected chi connectivity index (χ0v) is 10.1. The summed E-state index contributed by atoms with van der Waals surface area (Å²) < 4.78 is 2.54. The van der Waals surface area contributed by atoms with E-state index < -0.39 is 0 Å². The smallest absolute Gasteiger partial charge is 0.168 e. The maximum Gasteiger partial charge on any atom is 0.168 e. The normalized spacial score (nSPS) is 15.6. The fourth-order valence-electron chi connectivity index (χ4n) is 1.86. The average Bonchev–Trinajstić information content (AvgIpc) is 2.96. The third-order valence-corrected chi connectivity index (χ3v) is 3.24. The van der Waals surface area contributed by atoms with E-state index in [4.69, 9.17) is 0 Å². The number of carbonyl (C=O) groups excluding carboxylic acids is 1. The van der Waals surface area contributed by atoms with E-state index in [1.165, 1.54) is 12.8 Å². The zero-order valence-electron chi connectivity index (χ0n) is 8.56. The summed E-state index contributed by atoms with van der Waals surface area (Å²) in [7, 11) is 0. The highest BCUT2D eigenvalue weighted by molar-refractivity contribution is 9.10. The Morgan fingerprint density at radius 3 is 3.06 bits per heavy atom. The molecule has 82 valence electrons. The first-order valence-electron chi connectivity index (χ1n) is 5.25. The maximum atomic E-state index is 10.8. The van der Waals surface area contributed by atoms with Gasteiger partial charge in [-0.05, 0) is 41.1 Å². The predicted octanol–water partition coefficient (Wildman–Crippen LogP) is 2.26. The van der Waals surface area contributed by atoms with Gasteiger partial charge in [0.2, 0.25) is 0 Å². The molecule has 0 aliphatic heterocycles. The zero-order chi connectivity index (χ0) is 11.1. The standard InChI is InChI=1S/C11H10BrN3O/c12-10-5-15-8(6-16)4-13-11(15)9(14-10)3-7-1-2-7/h4-7H,1-3H2. The number of imidazole rings is 1. The Hall–Kier alpha value is -1.23. The Balaban J connectivity index is 2.17. The predicted molar refractivity (Wildman–Crippen MR) is 62.5 cm³/mol. The van der Waals surface area contributed by atoms with E-state index in [-0.39, 0.29) is 0 Å². The van der Waals surface area contributed by atoms with E-state index in [2.05, 4.69) is 25.9 Å². The van der Waals surface area contributed by atoms with E-state index in [0.29, 0.717) is 5.69 Å². The van der Waals surface area contributed by atoms with Crippen molar-refractivity contribution in [1.82, 2.24) is 14.4 Å². The Morgan fingerprint density at radius 2 is 2.38 bits per heavy atom. The molecule has 2 heterocycles. The third-order valence-electron chi connectivity index (χ3n) is 2.86. The van der Waals surface area contributed by atoms with Crippen molar-refractivity contribution >= 4 is 27.9 Å². The number of aromatic nitrogens is 3. The van der Waals surface area contributed by atoms with Crippen molar-refractivity contribution in [3.63, 3.8) is 0 Å². The van der Waals surface area contributed by atoms with Gasteiger partial charge in [-0.25, -0.2) is 9.97 Å². The molecule has 0 atom stereocenters. The van der Waals surface area contributed by atoms with Crippen LogP contribution in [-0.2, 0) is 6.42 Å². The molecule has 0 N–H and O–H groups in total. The van der Waals surface area contributed by atoms with Crippen LogP contribution in [0.25, 0.3) is 5.65 Å². The summed E-state index contributed by atoms with van der Waals surface area (Å²) in [6.07, 6.45) is 7.70. The van der Waals surface area contributed by atoms with Crippen LogP contribution >= 0.6 is 15.9 Å². The van der Waals surface area contributed by atoms with Gasteiger partial charge in [0.1, 0.15) is 10.3 Å². The molecular formula is C11H10BrN3O. The van der Waals surface area contributed by atoms with Crippen LogP contribution in [0.2, 0.25) is 0 Å². The number of halogens is 1. The number of nitrogens with zero attached hydrogens (tertiary/aromatic N) is 3. The molecular weight excluding hydrogens is 270 g/mol. The second kappa shape index (κ2) is 3.66. The summed E-state index contributed by atoms with van der Waals surface area (Å²) in [5.41, 5.74) is 2.34. The van der Waals surface area contributed by atoms with Crippen LogP contribution in [0.5, 0.6) is 0 Å². The molecule has 0 radical (unpaired) electrons. The molecule has 0 unspecified atom stereocenters. The molecule has 1 fully saturated rings. The SMILES string of the molecule is O=Cc1cnc2c(CC3CC3)nc(Br)cn12. The molecule has 0 aromatic carbocycles. The lowest BCUT2D eigenvalue weighted by atomic mass is 10.2. The van der Waals surface area contributed by atoms with E-state index in [9.17, 15) is 4.79 Å².